The second-order valence-electron chi connectivity index (χ2n) is 5.83. The maximum atomic E-state index is 14.3. The van der Waals surface area contributed by atoms with Gasteiger partial charge in [-0.15, -0.1) is 0 Å². The smallest absolute Gasteiger partial charge is 0.256 e. The number of nitrogens with zero attached hydrogens (tertiary/aromatic N) is 2. The summed E-state index contributed by atoms with van der Waals surface area (Å²) in [5.74, 6) is -2.24. The molecule has 0 bridgehead atoms. The predicted molar refractivity (Wildman–Crippen MR) is 96.5 cm³/mol. The van der Waals surface area contributed by atoms with Gasteiger partial charge in [0.1, 0.15) is 28.5 Å². The number of halogens is 4. The second-order valence-corrected chi connectivity index (χ2v) is 6.24. The van der Waals surface area contributed by atoms with Crippen molar-refractivity contribution in [3.63, 3.8) is 0 Å². The normalized spacial score (nSPS) is 11.1. The van der Waals surface area contributed by atoms with Crippen molar-refractivity contribution in [1.82, 2.24) is 4.98 Å². The van der Waals surface area contributed by atoms with Crippen LogP contribution in [0.2, 0.25) is 5.02 Å². The van der Waals surface area contributed by atoms with Gasteiger partial charge in [-0.2, -0.15) is 4.73 Å². The van der Waals surface area contributed by atoms with E-state index in [2.05, 4.69) is 4.98 Å². The molecule has 0 aliphatic rings. The molecule has 0 aliphatic carbocycles. The molecule has 4 aromatic rings. The van der Waals surface area contributed by atoms with Gasteiger partial charge in [0.15, 0.2) is 6.20 Å². The van der Waals surface area contributed by atoms with E-state index in [1.807, 2.05) is 0 Å². The first-order valence-corrected chi connectivity index (χ1v) is 8.26. The van der Waals surface area contributed by atoms with Gasteiger partial charge < -0.3 is 5.21 Å². The molecule has 0 unspecified atom stereocenters. The minimum atomic E-state index is -0.876. The number of benzene rings is 2. The minimum absolute atomic E-state index is 0.106. The van der Waals surface area contributed by atoms with Crippen molar-refractivity contribution >= 4 is 22.5 Å². The highest BCUT2D eigenvalue weighted by atomic mass is 35.5. The first-order valence-electron chi connectivity index (χ1n) is 7.88. The number of fused-ring (bicyclic) bond motifs is 1. The molecule has 0 amide bonds. The molecule has 0 N–H and O–H groups in total. The lowest BCUT2D eigenvalue weighted by molar-refractivity contribution is -0.592. The van der Waals surface area contributed by atoms with Crippen molar-refractivity contribution in [2.75, 3.05) is 0 Å². The molecule has 0 saturated heterocycles. The number of pyridine rings is 2. The SMILES string of the molecule is [O-][n+]1ccc2c(-c3ccc(F)cc3Cl)ccnc2c1-c1c(F)cccc1F. The highest BCUT2D eigenvalue weighted by molar-refractivity contribution is 6.33. The molecule has 134 valence electrons. The summed E-state index contributed by atoms with van der Waals surface area (Å²) in [7, 11) is 0. The van der Waals surface area contributed by atoms with Crippen LogP contribution in [-0.2, 0) is 0 Å². The van der Waals surface area contributed by atoms with Crippen LogP contribution in [0, 0.1) is 22.7 Å². The lowest BCUT2D eigenvalue weighted by Crippen LogP contribution is -2.29. The van der Waals surface area contributed by atoms with Crippen LogP contribution in [0.15, 0.2) is 60.9 Å². The summed E-state index contributed by atoms with van der Waals surface area (Å²) < 4.78 is 42.3. The van der Waals surface area contributed by atoms with Crippen molar-refractivity contribution in [3.8, 4) is 22.4 Å². The highest BCUT2D eigenvalue weighted by Gasteiger charge is 2.24. The van der Waals surface area contributed by atoms with E-state index < -0.39 is 23.0 Å². The van der Waals surface area contributed by atoms with Crippen LogP contribution in [-0.4, -0.2) is 4.98 Å². The Morgan fingerprint density at radius 2 is 1.67 bits per heavy atom. The number of rotatable bonds is 2. The quantitative estimate of drug-likeness (QED) is 0.347. The Kier molecular flexibility index (Phi) is 4.20. The summed E-state index contributed by atoms with van der Waals surface area (Å²) in [6, 6.07) is 10.4. The van der Waals surface area contributed by atoms with Gasteiger partial charge in [-0.05, 0) is 42.0 Å². The maximum Gasteiger partial charge on any atom is 0.256 e. The van der Waals surface area contributed by atoms with Gasteiger partial charge in [0, 0.05) is 23.2 Å². The van der Waals surface area contributed by atoms with Crippen LogP contribution >= 0.6 is 11.6 Å². The highest BCUT2D eigenvalue weighted by Crippen LogP contribution is 2.36. The molecule has 0 saturated carbocycles. The van der Waals surface area contributed by atoms with Gasteiger partial charge in [0.05, 0.1) is 5.02 Å². The summed E-state index contributed by atoms with van der Waals surface area (Å²) in [6.07, 6.45) is 2.55. The number of hydrogen-bond donors (Lipinski definition) is 0. The van der Waals surface area contributed by atoms with E-state index in [1.165, 1.54) is 30.5 Å². The van der Waals surface area contributed by atoms with Crippen molar-refractivity contribution in [2.45, 2.75) is 0 Å². The van der Waals surface area contributed by atoms with Crippen molar-refractivity contribution in [1.29, 1.82) is 0 Å². The molecule has 7 heteroatoms. The van der Waals surface area contributed by atoms with E-state index in [4.69, 9.17) is 11.6 Å². The molecule has 2 aromatic carbocycles. The van der Waals surface area contributed by atoms with E-state index in [9.17, 15) is 18.4 Å². The van der Waals surface area contributed by atoms with Crippen LogP contribution in [0.25, 0.3) is 33.3 Å². The summed E-state index contributed by atoms with van der Waals surface area (Å²) in [4.78, 5) is 4.16. The van der Waals surface area contributed by atoms with Crippen molar-refractivity contribution in [2.24, 2.45) is 0 Å². The molecule has 0 radical (unpaired) electrons. The molecule has 0 atom stereocenters. The Morgan fingerprint density at radius 1 is 0.926 bits per heavy atom. The Balaban J connectivity index is 2.08. The van der Waals surface area contributed by atoms with E-state index in [0.717, 1.165) is 24.4 Å². The molecule has 0 aliphatic heterocycles. The second kappa shape index (κ2) is 6.55. The largest absolute Gasteiger partial charge is 0.618 e. The van der Waals surface area contributed by atoms with Crippen molar-refractivity contribution < 1.29 is 17.9 Å². The molecule has 2 heterocycles. The molecule has 27 heavy (non-hydrogen) atoms. The zero-order chi connectivity index (χ0) is 19.1. The summed E-state index contributed by atoms with van der Waals surface area (Å²) in [5.41, 5.74) is 0.461. The van der Waals surface area contributed by atoms with Gasteiger partial charge in [-0.25, -0.2) is 18.2 Å². The fraction of sp³-hybridized carbons (Fsp3) is 0. The zero-order valence-electron chi connectivity index (χ0n) is 13.6. The fourth-order valence-electron chi connectivity index (χ4n) is 3.05. The van der Waals surface area contributed by atoms with Crippen LogP contribution in [0.5, 0.6) is 0 Å². The first kappa shape index (κ1) is 17.3. The average molecular weight is 387 g/mol. The number of hydrogen-bond acceptors (Lipinski definition) is 2. The molecule has 0 fully saturated rings. The zero-order valence-corrected chi connectivity index (χ0v) is 14.3. The summed E-state index contributed by atoms with van der Waals surface area (Å²) >= 11 is 6.16. The topological polar surface area (TPSA) is 39.8 Å². The summed E-state index contributed by atoms with van der Waals surface area (Å²) in [5, 5.41) is 13.0. The van der Waals surface area contributed by atoms with Crippen LogP contribution in [0.1, 0.15) is 0 Å². The molecule has 3 nitrogen and oxygen atoms in total. The standard InChI is InChI=1S/C20H10ClF3N2O/c21-15-10-11(22)4-5-13(15)12-6-8-25-19-14(12)7-9-26(27)20(19)18-16(23)2-1-3-17(18)24/h1-10H. The maximum absolute atomic E-state index is 14.3. The first-order chi connectivity index (χ1) is 13.0. The molecular formula is C20H10ClF3N2O. The van der Waals surface area contributed by atoms with Gasteiger partial charge in [0.25, 0.3) is 5.69 Å². The number of aromatic nitrogens is 2. The summed E-state index contributed by atoms with van der Waals surface area (Å²) in [6.45, 7) is 0. The lowest BCUT2D eigenvalue weighted by atomic mass is 9.99. The van der Waals surface area contributed by atoms with Gasteiger partial charge in [0.2, 0.25) is 0 Å². The third kappa shape index (κ3) is 2.88. The Hall–Kier alpha value is -3.12. The average Bonchev–Trinajstić information content (AvgIpc) is 2.63. The van der Waals surface area contributed by atoms with E-state index in [-0.39, 0.29) is 16.2 Å². The van der Waals surface area contributed by atoms with Crippen molar-refractivity contribution in [3.05, 3.63) is 88.6 Å². The van der Waals surface area contributed by atoms with Crippen LogP contribution in [0.3, 0.4) is 0 Å². The van der Waals surface area contributed by atoms with E-state index in [1.54, 1.807) is 6.07 Å². The Bertz CT molecular complexity index is 1180. The molecular weight excluding hydrogens is 377 g/mol. The molecule has 0 spiro atoms. The van der Waals surface area contributed by atoms with Gasteiger partial charge >= 0.3 is 0 Å². The Labute approximate surface area is 156 Å². The monoisotopic (exact) mass is 386 g/mol. The van der Waals surface area contributed by atoms with Gasteiger partial charge in [-0.3, -0.25) is 0 Å². The predicted octanol–water partition coefficient (Wildman–Crippen LogP) is 5.27. The third-order valence-corrected chi connectivity index (χ3v) is 4.54. The lowest BCUT2D eigenvalue weighted by Gasteiger charge is -2.12. The Morgan fingerprint density at radius 3 is 2.37 bits per heavy atom. The van der Waals surface area contributed by atoms with E-state index in [0.29, 0.717) is 21.2 Å². The van der Waals surface area contributed by atoms with E-state index >= 15 is 0 Å². The third-order valence-electron chi connectivity index (χ3n) is 4.23. The molecule has 2 aromatic heterocycles. The fourth-order valence-corrected chi connectivity index (χ4v) is 3.32. The molecule has 4 rings (SSSR count). The van der Waals surface area contributed by atoms with Crippen LogP contribution in [0.4, 0.5) is 13.2 Å². The van der Waals surface area contributed by atoms with Gasteiger partial charge in [-0.1, -0.05) is 17.7 Å². The van der Waals surface area contributed by atoms with Crippen LogP contribution < -0.4 is 4.73 Å². The minimum Gasteiger partial charge on any atom is -0.618 e.